The van der Waals surface area contributed by atoms with E-state index in [9.17, 15) is 13.2 Å². The highest BCUT2D eigenvalue weighted by atomic mass is 35.5. The fraction of sp³-hybridized carbons (Fsp3) is 0.429. The Morgan fingerprint density at radius 1 is 1.27 bits per heavy atom. The lowest BCUT2D eigenvalue weighted by Gasteiger charge is -2.21. The zero-order valence-corrected chi connectivity index (χ0v) is 21.1. The van der Waals surface area contributed by atoms with Gasteiger partial charge >= 0.3 is 0 Å². The molecule has 1 aliphatic carbocycles. The zero-order chi connectivity index (χ0) is 22.5. The number of carbonyl (C=O) groups is 1. The number of nitrogens with zero attached hydrogens (tertiary/aromatic N) is 2. The third kappa shape index (κ3) is 5.06. The highest BCUT2D eigenvalue weighted by molar-refractivity contribution is 7.89. The molecule has 3 aromatic rings. The third-order valence-electron chi connectivity index (χ3n) is 6.10. The molecule has 2 aromatic heterocycles. The second kappa shape index (κ2) is 9.52. The topological polar surface area (TPSA) is 107 Å². The van der Waals surface area contributed by atoms with Crippen molar-refractivity contribution in [1.29, 1.82) is 0 Å². The minimum atomic E-state index is -3.78. The zero-order valence-electron chi connectivity index (χ0n) is 17.9. The number of likely N-dealkylation sites (N-methyl/N-ethyl adjacent to an activating group) is 1. The Kier molecular flexibility index (Phi) is 7.05. The standard InChI is InChI=1S/C21H24ClN5O3S2.ClH/c1-27-8-7-17-18(11-27)31-21(25-17)20(28)24-15-3-2-4-16(15)26-32(29,30)19-10-12-9-13(22)5-6-14(12)23-19;/h5-6,9-10,15-16,23,26H,2-4,7-8,11H2,1H3,(H,24,28);1H/t15-,16+;/m1./s1. The van der Waals surface area contributed by atoms with Gasteiger partial charge in [0.25, 0.3) is 15.9 Å². The van der Waals surface area contributed by atoms with Crippen molar-refractivity contribution in [2.45, 2.75) is 49.3 Å². The molecule has 3 N–H and O–H groups in total. The van der Waals surface area contributed by atoms with Gasteiger partial charge in [-0.2, -0.15) is 0 Å². The summed E-state index contributed by atoms with van der Waals surface area (Å²) >= 11 is 7.44. The second-order valence-corrected chi connectivity index (χ2v) is 11.7. The van der Waals surface area contributed by atoms with Crippen LogP contribution in [0, 0.1) is 0 Å². The summed E-state index contributed by atoms with van der Waals surface area (Å²) in [6, 6.07) is 6.10. The van der Waals surface area contributed by atoms with Crippen LogP contribution in [0.15, 0.2) is 29.3 Å². The molecule has 8 nitrogen and oxygen atoms in total. The smallest absolute Gasteiger partial charge is 0.280 e. The average Bonchev–Trinajstić information content (AvgIpc) is 3.45. The maximum Gasteiger partial charge on any atom is 0.280 e. The van der Waals surface area contributed by atoms with Gasteiger partial charge in [-0.3, -0.25) is 4.79 Å². The number of aromatic nitrogens is 2. The summed E-state index contributed by atoms with van der Waals surface area (Å²) in [5.41, 5.74) is 1.70. The number of sulfonamides is 1. The van der Waals surface area contributed by atoms with Gasteiger partial charge in [-0.05, 0) is 50.6 Å². The molecule has 0 spiro atoms. The van der Waals surface area contributed by atoms with Crippen LogP contribution in [0.25, 0.3) is 10.9 Å². The summed E-state index contributed by atoms with van der Waals surface area (Å²) in [7, 11) is -1.72. The van der Waals surface area contributed by atoms with Crippen molar-refractivity contribution in [1.82, 2.24) is 24.9 Å². The van der Waals surface area contributed by atoms with E-state index in [2.05, 4.69) is 32.0 Å². The molecule has 1 aromatic carbocycles. The van der Waals surface area contributed by atoms with Crippen LogP contribution < -0.4 is 10.0 Å². The van der Waals surface area contributed by atoms with Crippen molar-refractivity contribution in [2.24, 2.45) is 0 Å². The molecule has 2 aliphatic rings. The number of amides is 1. The summed E-state index contributed by atoms with van der Waals surface area (Å²) in [6.07, 6.45) is 3.06. The quantitative estimate of drug-likeness (QED) is 0.469. The number of halogens is 2. The largest absolute Gasteiger partial charge is 0.346 e. The van der Waals surface area contributed by atoms with E-state index in [4.69, 9.17) is 11.6 Å². The van der Waals surface area contributed by atoms with Gasteiger partial charge in [0.1, 0.15) is 5.03 Å². The first-order valence-corrected chi connectivity index (χ1v) is 13.2. The molecule has 3 heterocycles. The van der Waals surface area contributed by atoms with E-state index < -0.39 is 10.0 Å². The van der Waals surface area contributed by atoms with Crippen molar-refractivity contribution >= 4 is 62.2 Å². The van der Waals surface area contributed by atoms with Gasteiger partial charge < -0.3 is 15.2 Å². The van der Waals surface area contributed by atoms with Gasteiger partial charge in [0.15, 0.2) is 5.01 Å². The molecule has 1 aliphatic heterocycles. The first-order valence-electron chi connectivity index (χ1n) is 10.6. The number of rotatable bonds is 5. The molecule has 1 amide bonds. The number of fused-ring (bicyclic) bond motifs is 2. The summed E-state index contributed by atoms with van der Waals surface area (Å²) in [5.74, 6) is -0.233. The lowest BCUT2D eigenvalue weighted by atomic mass is 10.2. The molecule has 33 heavy (non-hydrogen) atoms. The van der Waals surface area contributed by atoms with Gasteiger partial charge in [-0.1, -0.05) is 11.6 Å². The van der Waals surface area contributed by atoms with Crippen LogP contribution in [0.5, 0.6) is 0 Å². The summed E-state index contributed by atoms with van der Waals surface area (Å²) in [6.45, 7) is 1.74. The first-order chi connectivity index (χ1) is 15.3. The summed E-state index contributed by atoms with van der Waals surface area (Å²) < 4.78 is 28.8. The van der Waals surface area contributed by atoms with E-state index >= 15 is 0 Å². The van der Waals surface area contributed by atoms with Crippen LogP contribution in [0.3, 0.4) is 0 Å². The van der Waals surface area contributed by atoms with Gasteiger partial charge in [-0.15, -0.1) is 23.7 Å². The minimum absolute atomic E-state index is 0. The maximum absolute atomic E-state index is 13.0. The molecule has 12 heteroatoms. The normalized spacial score (nSPS) is 21.0. The Bertz CT molecular complexity index is 1290. The van der Waals surface area contributed by atoms with E-state index in [1.54, 1.807) is 24.3 Å². The van der Waals surface area contributed by atoms with Crippen molar-refractivity contribution < 1.29 is 13.2 Å². The fourth-order valence-electron chi connectivity index (χ4n) is 4.41. The number of thiazole rings is 1. The highest BCUT2D eigenvalue weighted by Gasteiger charge is 2.34. The van der Waals surface area contributed by atoms with E-state index in [1.807, 2.05) is 0 Å². The number of aromatic amines is 1. The lowest BCUT2D eigenvalue weighted by molar-refractivity contribution is 0.0932. The highest BCUT2D eigenvalue weighted by Crippen LogP contribution is 2.27. The van der Waals surface area contributed by atoms with Crippen LogP contribution >= 0.6 is 35.3 Å². The molecule has 0 radical (unpaired) electrons. The molecule has 0 saturated heterocycles. The van der Waals surface area contributed by atoms with Crippen LogP contribution in [0.2, 0.25) is 5.02 Å². The van der Waals surface area contributed by atoms with E-state index in [-0.39, 0.29) is 35.4 Å². The van der Waals surface area contributed by atoms with Gasteiger partial charge in [0.05, 0.1) is 5.69 Å². The summed E-state index contributed by atoms with van der Waals surface area (Å²) in [5, 5.41) is 4.82. The monoisotopic (exact) mass is 529 g/mol. The molecule has 178 valence electrons. The lowest BCUT2D eigenvalue weighted by Crippen LogP contribution is -2.48. The molecule has 1 saturated carbocycles. The molecule has 0 unspecified atom stereocenters. The van der Waals surface area contributed by atoms with Gasteiger partial charge in [0, 0.05) is 52.4 Å². The average molecular weight is 531 g/mol. The fourth-order valence-corrected chi connectivity index (χ4v) is 7.01. The number of H-pyrrole nitrogens is 1. The number of hydrogen-bond acceptors (Lipinski definition) is 6. The molecular formula is C21H25Cl2N5O3S2. The van der Waals surface area contributed by atoms with Crippen LogP contribution in [-0.4, -0.2) is 54.9 Å². The second-order valence-electron chi connectivity index (χ2n) is 8.48. The Balaban J connectivity index is 0.00000259. The Hall–Kier alpha value is -1.69. The SMILES string of the molecule is CN1CCc2nc(C(=O)N[C@@H]3CCC[C@@H]3NS(=O)(=O)c3cc4cc(Cl)ccc4[nH]3)sc2C1.Cl. The predicted octanol–water partition coefficient (Wildman–Crippen LogP) is 3.32. The Labute approximate surface area is 207 Å². The van der Waals surface area contributed by atoms with Crippen molar-refractivity contribution in [3.05, 3.63) is 44.9 Å². The third-order valence-corrected chi connectivity index (χ3v) is 8.83. The van der Waals surface area contributed by atoms with Gasteiger partial charge in [0.2, 0.25) is 0 Å². The van der Waals surface area contributed by atoms with Crippen molar-refractivity contribution in [2.75, 3.05) is 13.6 Å². The maximum atomic E-state index is 13.0. The number of carbonyl (C=O) groups excluding carboxylic acids is 1. The van der Waals surface area contributed by atoms with Crippen molar-refractivity contribution in [3.63, 3.8) is 0 Å². The molecule has 2 atom stereocenters. The summed E-state index contributed by atoms with van der Waals surface area (Å²) in [4.78, 5) is 23.7. The minimum Gasteiger partial charge on any atom is -0.346 e. The number of nitrogens with one attached hydrogen (secondary N) is 3. The molecule has 1 fully saturated rings. The van der Waals surface area contributed by atoms with E-state index in [0.29, 0.717) is 22.0 Å². The molecule has 0 bridgehead atoms. The van der Waals surface area contributed by atoms with E-state index in [1.165, 1.54) is 11.3 Å². The Morgan fingerprint density at radius 2 is 2.06 bits per heavy atom. The van der Waals surface area contributed by atoms with E-state index in [0.717, 1.165) is 48.3 Å². The van der Waals surface area contributed by atoms with Crippen LogP contribution in [-0.2, 0) is 23.0 Å². The van der Waals surface area contributed by atoms with Gasteiger partial charge in [-0.25, -0.2) is 18.1 Å². The molecule has 5 rings (SSSR count). The van der Waals surface area contributed by atoms with Crippen LogP contribution in [0.1, 0.15) is 39.6 Å². The predicted molar refractivity (Wildman–Crippen MR) is 132 cm³/mol. The Morgan fingerprint density at radius 3 is 2.88 bits per heavy atom. The number of hydrogen-bond donors (Lipinski definition) is 3. The van der Waals surface area contributed by atoms with Crippen LogP contribution in [0.4, 0.5) is 0 Å². The first kappa shape index (κ1) is 24.4. The van der Waals surface area contributed by atoms with Crippen molar-refractivity contribution in [3.8, 4) is 0 Å². The molecular weight excluding hydrogens is 505 g/mol. The number of benzene rings is 1.